The fourth-order valence-corrected chi connectivity index (χ4v) is 6.15. The van der Waals surface area contributed by atoms with Crippen molar-refractivity contribution in [1.29, 1.82) is 5.41 Å². The number of rotatable bonds is 9. The van der Waals surface area contributed by atoms with Crippen LogP contribution in [0.2, 0.25) is 0 Å². The van der Waals surface area contributed by atoms with Crippen molar-refractivity contribution in [2.75, 3.05) is 44.7 Å². The predicted octanol–water partition coefficient (Wildman–Crippen LogP) is 5.14. The maximum Gasteiger partial charge on any atom is 0.179 e. The van der Waals surface area contributed by atoms with Crippen molar-refractivity contribution in [2.45, 2.75) is 84.1 Å². The molecule has 1 saturated carbocycles. The Hall–Kier alpha value is -2.05. The Labute approximate surface area is 212 Å². The van der Waals surface area contributed by atoms with Crippen molar-refractivity contribution in [3.05, 3.63) is 40.9 Å². The molecule has 2 saturated heterocycles. The minimum atomic E-state index is 0.402. The Bertz CT molecular complexity index is 929. The second kappa shape index (κ2) is 12.3. The first kappa shape index (κ1) is 26.0. The maximum absolute atomic E-state index is 9.29. The molecule has 1 aliphatic carbocycles. The lowest BCUT2D eigenvalue weighted by Gasteiger charge is -2.29. The molecule has 1 aromatic heterocycles. The molecule has 0 radical (unpaired) electrons. The van der Waals surface area contributed by atoms with Gasteiger partial charge in [-0.3, -0.25) is 5.41 Å². The first-order valence-electron chi connectivity index (χ1n) is 14.0. The molecular weight excluding hydrogens is 432 g/mol. The highest BCUT2D eigenvalue weighted by Gasteiger charge is 2.25. The maximum atomic E-state index is 9.29. The van der Waals surface area contributed by atoms with Gasteiger partial charge in [-0.05, 0) is 77.5 Å². The molecule has 1 aromatic rings. The second-order valence-electron chi connectivity index (χ2n) is 10.8. The van der Waals surface area contributed by atoms with Gasteiger partial charge in [-0.1, -0.05) is 37.5 Å². The molecule has 0 spiro atoms. The van der Waals surface area contributed by atoms with Crippen LogP contribution in [0.25, 0.3) is 0 Å². The average Bonchev–Trinajstić information content (AvgIpc) is 3.30. The van der Waals surface area contributed by atoms with Gasteiger partial charge in [-0.25, -0.2) is 9.97 Å². The van der Waals surface area contributed by atoms with Crippen molar-refractivity contribution in [3.63, 3.8) is 0 Å². The van der Waals surface area contributed by atoms with Crippen molar-refractivity contribution >= 4 is 11.5 Å². The van der Waals surface area contributed by atoms with Crippen molar-refractivity contribution < 1.29 is 0 Å². The van der Waals surface area contributed by atoms with E-state index >= 15 is 0 Å². The van der Waals surface area contributed by atoms with Crippen LogP contribution in [0.4, 0.5) is 5.82 Å². The highest BCUT2D eigenvalue weighted by atomic mass is 15.2. The average molecular weight is 479 g/mol. The van der Waals surface area contributed by atoms with Gasteiger partial charge in [-0.2, -0.15) is 0 Å². The van der Waals surface area contributed by atoms with Crippen LogP contribution in [0.15, 0.2) is 29.4 Å². The molecule has 2 atom stereocenters. The number of nitrogens with zero attached hydrogens (tertiary/aromatic N) is 4. The summed E-state index contributed by atoms with van der Waals surface area (Å²) in [6.07, 6.45) is 11.3. The largest absolute Gasteiger partial charge is 0.354 e. The van der Waals surface area contributed by atoms with E-state index in [0.717, 1.165) is 81.8 Å². The van der Waals surface area contributed by atoms with Gasteiger partial charge in [-0.15, -0.1) is 0 Å². The number of likely N-dealkylation sites (tertiary alicyclic amines) is 1. The summed E-state index contributed by atoms with van der Waals surface area (Å²) in [5.41, 5.74) is 5.42. The van der Waals surface area contributed by atoms with Gasteiger partial charge in [0.05, 0.1) is 0 Å². The lowest BCUT2D eigenvalue weighted by atomic mass is 9.78. The van der Waals surface area contributed by atoms with E-state index < -0.39 is 0 Å². The lowest BCUT2D eigenvalue weighted by molar-refractivity contribution is 0.296. The molecular formula is C29H46N6. The van der Waals surface area contributed by atoms with Crippen LogP contribution >= 0.6 is 0 Å². The van der Waals surface area contributed by atoms with Crippen molar-refractivity contribution in [2.24, 2.45) is 5.92 Å². The Morgan fingerprint density at radius 2 is 1.94 bits per heavy atom. The van der Waals surface area contributed by atoms with E-state index in [1.54, 1.807) is 0 Å². The van der Waals surface area contributed by atoms with Crippen LogP contribution in [0.1, 0.15) is 83.2 Å². The molecule has 3 fully saturated rings. The molecule has 35 heavy (non-hydrogen) atoms. The van der Waals surface area contributed by atoms with Crippen LogP contribution in [0.3, 0.4) is 0 Å². The van der Waals surface area contributed by atoms with Crippen LogP contribution in [0.5, 0.6) is 0 Å². The third-order valence-corrected chi connectivity index (χ3v) is 8.37. The van der Waals surface area contributed by atoms with E-state index in [0.29, 0.717) is 23.5 Å². The fourth-order valence-electron chi connectivity index (χ4n) is 6.15. The predicted molar refractivity (Wildman–Crippen MR) is 147 cm³/mol. The molecule has 0 amide bonds. The minimum absolute atomic E-state index is 0.402. The molecule has 3 heterocycles. The van der Waals surface area contributed by atoms with Gasteiger partial charge in [0, 0.05) is 49.9 Å². The zero-order valence-corrected chi connectivity index (χ0v) is 22.3. The topological polar surface area (TPSA) is 68.1 Å². The van der Waals surface area contributed by atoms with E-state index in [1.807, 2.05) is 0 Å². The summed E-state index contributed by atoms with van der Waals surface area (Å²) in [5.74, 6) is 2.01. The number of piperazine rings is 1. The molecule has 6 heteroatoms. The Morgan fingerprint density at radius 3 is 2.63 bits per heavy atom. The van der Waals surface area contributed by atoms with E-state index in [2.05, 4.69) is 48.7 Å². The van der Waals surface area contributed by atoms with Gasteiger partial charge in [0.15, 0.2) is 5.82 Å². The third-order valence-electron chi connectivity index (χ3n) is 8.37. The smallest absolute Gasteiger partial charge is 0.179 e. The number of hydrogen-bond acceptors (Lipinski definition) is 6. The van der Waals surface area contributed by atoms with Gasteiger partial charge >= 0.3 is 0 Å². The van der Waals surface area contributed by atoms with Crippen LogP contribution in [-0.4, -0.2) is 66.4 Å². The summed E-state index contributed by atoms with van der Waals surface area (Å²) < 4.78 is 0. The van der Waals surface area contributed by atoms with Crippen LogP contribution < -0.4 is 10.2 Å². The molecule has 2 unspecified atom stereocenters. The molecule has 0 aromatic carbocycles. The molecule has 2 aliphatic heterocycles. The summed E-state index contributed by atoms with van der Waals surface area (Å²) >= 11 is 0. The van der Waals surface area contributed by atoms with E-state index in [4.69, 9.17) is 9.97 Å². The zero-order valence-electron chi connectivity index (χ0n) is 22.3. The van der Waals surface area contributed by atoms with Crippen molar-refractivity contribution in [1.82, 2.24) is 20.2 Å². The molecule has 4 rings (SSSR count). The SMILES string of the molecule is C=C1CCCCC1/C(C)=C(\CCC)C(=N)c1nc(CCC2CCCN2C)cc(N2CCNCC2)n1. The summed E-state index contributed by atoms with van der Waals surface area (Å²) in [7, 11) is 2.24. The number of aryl methyl sites for hydroxylation is 1. The standard InChI is InChI=1S/C29H46N6/c1-5-9-26(22(3)25-12-7-6-10-21(25)2)28(30)29-32-23(13-14-24-11-8-17-34(24)4)20-27(33-29)35-18-15-31-16-19-35/h20,24-25,30-31H,2,5-19H2,1,3-4H3/b26-22+,30-28?. The molecule has 3 aliphatic rings. The van der Waals surface area contributed by atoms with Crippen LogP contribution in [-0.2, 0) is 6.42 Å². The van der Waals surface area contributed by atoms with Crippen LogP contribution in [0, 0.1) is 11.3 Å². The van der Waals surface area contributed by atoms with E-state index in [1.165, 1.54) is 43.4 Å². The summed E-state index contributed by atoms with van der Waals surface area (Å²) in [4.78, 5) is 14.9. The summed E-state index contributed by atoms with van der Waals surface area (Å²) in [6, 6.07) is 2.83. The molecule has 6 nitrogen and oxygen atoms in total. The minimum Gasteiger partial charge on any atom is -0.354 e. The van der Waals surface area contributed by atoms with Gasteiger partial charge in [0.25, 0.3) is 0 Å². The number of nitrogens with one attached hydrogen (secondary N) is 2. The summed E-state index contributed by atoms with van der Waals surface area (Å²) in [5, 5.41) is 12.7. The number of hydrogen-bond donors (Lipinski definition) is 2. The number of aromatic nitrogens is 2. The number of allylic oxidation sites excluding steroid dienone is 3. The normalized spacial score (nSPS) is 24.5. The monoisotopic (exact) mass is 478 g/mol. The third kappa shape index (κ3) is 6.39. The lowest BCUT2D eigenvalue weighted by Crippen LogP contribution is -2.44. The fraction of sp³-hybridized carbons (Fsp3) is 0.690. The summed E-state index contributed by atoms with van der Waals surface area (Å²) in [6.45, 7) is 13.9. The highest BCUT2D eigenvalue weighted by Crippen LogP contribution is 2.36. The Kier molecular flexibility index (Phi) is 9.12. The Morgan fingerprint density at radius 1 is 1.14 bits per heavy atom. The Balaban J connectivity index is 1.64. The van der Waals surface area contributed by atoms with Gasteiger partial charge in [0.1, 0.15) is 11.5 Å². The molecule has 0 bridgehead atoms. The van der Waals surface area contributed by atoms with E-state index in [-0.39, 0.29) is 0 Å². The quantitative estimate of drug-likeness (QED) is 0.380. The van der Waals surface area contributed by atoms with E-state index in [9.17, 15) is 5.41 Å². The first-order chi connectivity index (χ1) is 17.0. The number of anilines is 1. The van der Waals surface area contributed by atoms with Gasteiger partial charge < -0.3 is 15.1 Å². The zero-order chi connectivity index (χ0) is 24.8. The molecule has 192 valence electrons. The second-order valence-corrected chi connectivity index (χ2v) is 10.8. The first-order valence-corrected chi connectivity index (χ1v) is 14.0. The highest BCUT2D eigenvalue weighted by molar-refractivity contribution is 6.08. The van der Waals surface area contributed by atoms with Gasteiger partial charge in [0.2, 0.25) is 0 Å². The molecule has 2 N–H and O–H groups in total. The van der Waals surface area contributed by atoms with Crippen molar-refractivity contribution in [3.8, 4) is 0 Å².